The van der Waals surface area contributed by atoms with E-state index in [4.69, 9.17) is 9.47 Å². The van der Waals surface area contributed by atoms with Crippen molar-refractivity contribution >= 4 is 23.8 Å². The molecule has 0 aliphatic carbocycles. The zero-order chi connectivity index (χ0) is 19.9. The molecule has 0 spiro atoms. The van der Waals surface area contributed by atoms with E-state index in [1.54, 1.807) is 22.0 Å². The Balaban J connectivity index is 1.65. The Morgan fingerprint density at radius 2 is 1.11 bits per heavy atom. The van der Waals surface area contributed by atoms with Gasteiger partial charge in [-0.05, 0) is 50.7 Å². The third-order valence-corrected chi connectivity index (χ3v) is 5.53. The Kier molecular flexibility index (Phi) is 7.06. The molecule has 0 unspecified atom stereocenters. The number of fused-ring (bicyclic) bond motifs is 2. The first-order chi connectivity index (χ1) is 13.6. The summed E-state index contributed by atoms with van der Waals surface area (Å²) in [5.74, 6) is -0.923. The van der Waals surface area contributed by atoms with Gasteiger partial charge in [0.2, 0.25) is 11.8 Å². The normalized spacial score (nSPS) is 29.4. The fourth-order valence-corrected chi connectivity index (χ4v) is 4.05. The van der Waals surface area contributed by atoms with Gasteiger partial charge >= 0.3 is 11.9 Å². The van der Waals surface area contributed by atoms with Crippen molar-refractivity contribution in [2.45, 2.75) is 63.5 Å². The maximum absolute atomic E-state index is 12.5. The standard InChI is InChI=1S/C20H28N2O6/c23-17-9-1-2-10-18(24)22-12-6-8-16(22)20(26)28-14-4-3-13-27-19(25)15-7-5-11-21(15)17/h3-4,15-16H,1-2,5-14H2/b4-3+/t15-,16-/m1/s1. The van der Waals surface area contributed by atoms with Crippen LogP contribution >= 0.6 is 0 Å². The number of esters is 2. The maximum Gasteiger partial charge on any atom is 0.329 e. The molecule has 3 heterocycles. The Morgan fingerprint density at radius 3 is 1.54 bits per heavy atom. The second-order valence-electron chi connectivity index (χ2n) is 7.43. The molecule has 2 saturated heterocycles. The highest BCUT2D eigenvalue weighted by atomic mass is 16.5. The molecule has 3 aliphatic rings. The van der Waals surface area contributed by atoms with Gasteiger partial charge in [-0.25, -0.2) is 9.59 Å². The van der Waals surface area contributed by atoms with Crippen molar-refractivity contribution in [2.24, 2.45) is 0 Å². The first-order valence-electron chi connectivity index (χ1n) is 10.1. The number of hydrogen-bond donors (Lipinski definition) is 0. The van der Waals surface area contributed by atoms with E-state index in [9.17, 15) is 19.2 Å². The lowest BCUT2D eigenvalue weighted by molar-refractivity contribution is -0.153. The smallest absolute Gasteiger partial charge is 0.329 e. The van der Waals surface area contributed by atoms with Crippen LogP contribution in [0.2, 0.25) is 0 Å². The first-order valence-corrected chi connectivity index (χ1v) is 10.1. The van der Waals surface area contributed by atoms with E-state index in [0.717, 1.165) is 12.8 Å². The molecule has 154 valence electrons. The summed E-state index contributed by atoms with van der Waals surface area (Å²) in [6.07, 6.45) is 7.80. The van der Waals surface area contributed by atoms with E-state index in [0.29, 0.717) is 51.6 Å². The molecular formula is C20H28N2O6. The lowest BCUT2D eigenvalue weighted by Gasteiger charge is -2.24. The minimum absolute atomic E-state index is 0.0637. The van der Waals surface area contributed by atoms with Crippen molar-refractivity contribution in [3.63, 3.8) is 0 Å². The molecular weight excluding hydrogens is 364 g/mol. The van der Waals surface area contributed by atoms with Gasteiger partial charge in [-0.2, -0.15) is 0 Å². The number of carbonyl (C=O) groups is 4. The first kappa shape index (κ1) is 20.4. The fourth-order valence-electron chi connectivity index (χ4n) is 4.05. The zero-order valence-corrected chi connectivity index (χ0v) is 16.1. The minimum Gasteiger partial charge on any atom is -0.460 e. The van der Waals surface area contributed by atoms with E-state index in [1.165, 1.54) is 0 Å². The number of nitrogens with zero attached hydrogens (tertiary/aromatic N) is 2. The number of rotatable bonds is 0. The lowest BCUT2D eigenvalue weighted by Crippen LogP contribution is -2.42. The van der Waals surface area contributed by atoms with Crippen molar-refractivity contribution in [3.05, 3.63) is 12.2 Å². The summed E-state index contributed by atoms with van der Waals surface area (Å²) in [5, 5.41) is 0. The highest BCUT2D eigenvalue weighted by Gasteiger charge is 2.36. The van der Waals surface area contributed by atoms with Crippen LogP contribution in [-0.2, 0) is 28.7 Å². The molecule has 0 saturated carbocycles. The predicted octanol–water partition coefficient (Wildman–Crippen LogP) is 1.18. The largest absolute Gasteiger partial charge is 0.460 e. The third kappa shape index (κ3) is 4.91. The Morgan fingerprint density at radius 1 is 0.679 bits per heavy atom. The molecule has 28 heavy (non-hydrogen) atoms. The van der Waals surface area contributed by atoms with Crippen LogP contribution < -0.4 is 0 Å². The molecule has 3 rings (SSSR count). The summed E-state index contributed by atoms with van der Waals surface area (Å²) >= 11 is 0. The molecule has 2 atom stereocenters. The molecule has 0 radical (unpaired) electrons. The average molecular weight is 392 g/mol. The van der Waals surface area contributed by atoms with Crippen molar-refractivity contribution in [2.75, 3.05) is 26.3 Å². The predicted molar refractivity (Wildman–Crippen MR) is 99.0 cm³/mol. The van der Waals surface area contributed by atoms with Gasteiger partial charge in [0.15, 0.2) is 0 Å². The van der Waals surface area contributed by atoms with Gasteiger partial charge in [-0.1, -0.05) is 0 Å². The average Bonchev–Trinajstić information content (AvgIpc) is 3.36. The second-order valence-corrected chi connectivity index (χ2v) is 7.43. The van der Waals surface area contributed by atoms with Crippen LogP contribution in [0.5, 0.6) is 0 Å². The van der Waals surface area contributed by atoms with E-state index in [1.807, 2.05) is 0 Å². The highest BCUT2D eigenvalue weighted by Crippen LogP contribution is 2.22. The van der Waals surface area contributed by atoms with Crippen molar-refractivity contribution in [3.8, 4) is 0 Å². The SMILES string of the molecule is O=C1OC/C=C/COC(=O)[C@H]2CCCN2C(=O)CCCCC(=O)N2CCC[C@H]12. The van der Waals surface area contributed by atoms with Gasteiger partial charge in [-0.15, -0.1) is 0 Å². The molecule has 0 N–H and O–H groups in total. The second kappa shape index (κ2) is 9.71. The van der Waals surface area contributed by atoms with Gasteiger partial charge in [0.05, 0.1) is 0 Å². The molecule has 0 aromatic heterocycles. The van der Waals surface area contributed by atoms with Gasteiger partial charge in [0, 0.05) is 25.9 Å². The fraction of sp³-hybridized carbons (Fsp3) is 0.700. The Labute approximate surface area is 164 Å². The van der Waals surface area contributed by atoms with Crippen LogP contribution in [0.4, 0.5) is 0 Å². The molecule has 0 bridgehead atoms. The Hall–Kier alpha value is -2.38. The quantitative estimate of drug-likeness (QED) is 0.454. The van der Waals surface area contributed by atoms with E-state index < -0.39 is 24.0 Å². The molecule has 0 aromatic rings. The summed E-state index contributed by atoms with van der Waals surface area (Å²) in [7, 11) is 0. The molecule has 2 amide bonds. The third-order valence-electron chi connectivity index (χ3n) is 5.53. The Bertz CT molecular complexity index is 593. The summed E-state index contributed by atoms with van der Waals surface area (Å²) in [6, 6.07) is -1.05. The molecule has 8 heteroatoms. The van der Waals surface area contributed by atoms with Gasteiger partial charge in [-0.3, -0.25) is 9.59 Å². The summed E-state index contributed by atoms with van der Waals surface area (Å²) in [6.45, 7) is 1.28. The maximum atomic E-state index is 12.5. The zero-order valence-electron chi connectivity index (χ0n) is 16.1. The highest BCUT2D eigenvalue weighted by molar-refractivity contribution is 5.86. The summed E-state index contributed by atoms with van der Waals surface area (Å²) in [5.41, 5.74) is 0. The van der Waals surface area contributed by atoms with Crippen LogP contribution in [0, 0.1) is 0 Å². The van der Waals surface area contributed by atoms with Crippen LogP contribution in [0.3, 0.4) is 0 Å². The molecule has 3 aliphatic heterocycles. The van der Waals surface area contributed by atoms with E-state index in [-0.39, 0.29) is 25.0 Å². The molecule has 2 fully saturated rings. The van der Waals surface area contributed by atoms with Crippen LogP contribution in [0.25, 0.3) is 0 Å². The molecule has 0 aromatic carbocycles. The number of cyclic esters (lactones) is 2. The van der Waals surface area contributed by atoms with Gasteiger partial charge < -0.3 is 19.3 Å². The lowest BCUT2D eigenvalue weighted by atomic mass is 10.1. The molecule has 8 nitrogen and oxygen atoms in total. The summed E-state index contributed by atoms with van der Waals surface area (Å²) < 4.78 is 10.5. The number of ether oxygens (including phenoxy) is 2. The topological polar surface area (TPSA) is 93.2 Å². The van der Waals surface area contributed by atoms with Gasteiger partial charge in [0.1, 0.15) is 25.3 Å². The van der Waals surface area contributed by atoms with Crippen molar-refractivity contribution in [1.82, 2.24) is 9.80 Å². The van der Waals surface area contributed by atoms with Crippen molar-refractivity contribution in [1.29, 1.82) is 0 Å². The van der Waals surface area contributed by atoms with Crippen molar-refractivity contribution < 1.29 is 28.7 Å². The minimum atomic E-state index is -0.524. The number of amides is 2. The number of carbonyl (C=O) groups excluding carboxylic acids is 4. The van der Waals surface area contributed by atoms with E-state index >= 15 is 0 Å². The van der Waals surface area contributed by atoms with Crippen LogP contribution in [0.15, 0.2) is 12.2 Å². The monoisotopic (exact) mass is 392 g/mol. The number of hydrogen-bond acceptors (Lipinski definition) is 6. The van der Waals surface area contributed by atoms with E-state index in [2.05, 4.69) is 0 Å². The van der Waals surface area contributed by atoms with Crippen LogP contribution in [0.1, 0.15) is 51.4 Å². The van der Waals surface area contributed by atoms with Gasteiger partial charge in [0.25, 0.3) is 0 Å². The summed E-state index contributed by atoms with van der Waals surface area (Å²) in [4.78, 5) is 52.7. The van der Waals surface area contributed by atoms with Crippen LogP contribution in [-0.4, -0.2) is 71.9 Å².